The third kappa shape index (κ3) is 4.36. The zero-order valence-electron chi connectivity index (χ0n) is 13.9. The Hall–Kier alpha value is -2.08. The Morgan fingerprint density at radius 1 is 1.15 bits per heavy atom. The molecule has 0 radical (unpaired) electrons. The molecule has 0 saturated heterocycles. The van der Waals surface area contributed by atoms with Crippen LogP contribution in [0.1, 0.15) is 22.2 Å². The standard InChI is InChI=1S/C19H15Cl2NO3S/c1-2-24-19(23)16-17(25-11-13-6-3-4-9-15(13)21)22-18(26-16)12-7-5-8-14(20)10-12/h3-10H,2,11H2,1H3. The van der Waals surface area contributed by atoms with Crippen LogP contribution in [-0.2, 0) is 11.3 Å². The van der Waals surface area contributed by atoms with E-state index in [1.165, 1.54) is 11.3 Å². The van der Waals surface area contributed by atoms with Gasteiger partial charge in [0, 0.05) is 21.2 Å². The highest BCUT2D eigenvalue weighted by Crippen LogP contribution is 2.34. The van der Waals surface area contributed by atoms with Crippen molar-refractivity contribution in [1.29, 1.82) is 0 Å². The summed E-state index contributed by atoms with van der Waals surface area (Å²) >= 11 is 13.4. The van der Waals surface area contributed by atoms with Crippen molar-refractivity contribution in [1.82, 2.24) is 4.98 Å². The molecule has 4 nitrogen and oxygen atoms in total. The Bertz CT molecular complexity index is 927. The number of rotatable bonds is 6. The molecule has 0 N–H and O–H groups in total. The average Bonchev–Trinajstić information content (AvgIpc) is 3.06. The summed E-state index contributed by atoms with van der Waals surface area (Å²) < 4.78 is 10.9. The van der Waals surface area contributed by atoms with Crippen molar-refractivity contribution >= 4 is 40.5 Å². The third-order valence-electron chi connectivity index (χ3n) is 3.45. The summed E-state index contributed by atoms with van der Waals surface area (Å²) in [6.45, 7) is 2.22. The van der Waals surface area contributed by atoms with E-state index in [-0.39, 0.29) is 19.1 Å². The van der Waals surface area contributed by atoms with Gasteiger partial charge in [-0.3, -0.25) is 0 Å². The van der Waals surface area contributed by atoms with E-state index in [2.05, 4.69) is 4.98 Å². The van der Waals surface area contributed by atoms with E-state index in [1.807, 2.05) is 30.3 Å². The van der Waals surface area contributed by atoms with Crippen LogP contribution < -0.4 is 4.74 Å². The fraction of sp³-hybridized carbons (Fsp3) is 0.158. The van der Waals surface area contributed by atoms with Crippen LogP contribution in [0.25, 0.3) is 10.6 Å². The summed E-state index contributed by atoms with van der Waals surface area (Å²) in [6.07, 6.45) is 0. The second-order valence-electron chi connectivity index (χ2n) is 5.26. The van der Waals surface area contributed by atoms with Gasteiger partial charge in [0.25, 0.3) is 0 Å². The van der Waals surface area contributed by atoms with E-state index < -0.39 is 5.97 Å². The molecule has 0 saturated carbocycles. The fourth-order valence-electron chi connectivity index (χ4n) is 2.24. The Kier molecular flexibility index (Phi) is 6.14. The minimum absolute atomic E-state index is 0.199. The Morgan fingerprint density at radius 3 is 2.69 bits per heavy atom. The molecular weight excluding hydrogens is 393 g/mol. The molecule has 0 fully saturated rings. The largest absolute Gasteiger partial charge is 0.472 e. The van der Waals surface area contributed by atoms with Crippen molar-refractivity contribution < 1.29 is 14.3 Å². The van der Waals surface area contributed by atoms with Gasteiger partial charge in [0.05, 0.1) is 6.61 Å². The first-order valence-electron chi connectivity index (χ1n) is 7.88. The van der Waals surface area contributed by atoms with Gasteiger partial charge in [0.15, 0.2) is 4.88 Å². The predicted molar refractivity (Wildman–Crippen MR) is 104 cm³/mol. The molecule has 0 bridgehead atoms. The molecule has 3 rings (SSSR count). The first-order chi connectivity index (χ1) is 12.6. The first-order valence-corrected chi connectivity index (χ1v) is 9.45. The van der Waals surface area contributed by atoms with Crippen LogP contribution in [-0.4, -0.2) is 17.6 Å². The van der Waals surface area contributed by atoms with Gasteiger partial charge in [0.1, 0.15) is 11.6 Å². The van der Waals surface area contributed by atoms with Crippen LogP contribution in [0.2, 0.25) is 10.0 Å². The molecule has 134 valence electrons. The molecule has 1 aromatic heterocycles. The number of aromatic nitrogens is 1. The van der Waals surface area contributed by atoms with Crippen LogP contribution >= 0.6 is 34.5 Å². The highest BCUT2D eigenvalue weighted by molar-refractivity contribution is 7.17. The smallest absolute Gasteiger partial charge is 0.354 e. The highest BCUT2D eigenvalue weighted by atomic mass is 35.5. The van der Waals surface area contributed by atoms with Crippen molar-refractivity contribution in [3.05, 3.63) is 69.0 Å². The topological polar surface area (TPSA) is 48.4 Å². The van der Waals surface area contributed by atoms with Gasteiger partial charge < -0.3 is 9.47 Å². The monoisotopic (exact) mass is 407 g/mol. The summed E-state index contributed by atoms with van der Waals surface area (Å²) in [7, 11) is 0. The quantitative estimate of drug-likeness (QED) is 0.479. The molecule has 0 atom stereocenters. The number of halogens is 2. The molecule has 3 aromatic rings. The molecule has 7 heteroatoms. The second kappa shape index (κ2) is 8.54. The number of esters is 1. The number of hydrogen-bond donors (Lipinski definition) is 0. The molecule has 0 amide bonds. The Morgan fingerprint density at radius 2 is 1.96 bits per heavy atom. The molecule has 2 aromatic carbocycles. The number of nitrogens with zero attached hydrogens (tertiary/aromatic N) is 1. The maximum absolute atomic E-state index is 12.3. The lowest BCUT2D eigenvalue weighted by atomic mass is 10.2. The first kappa shape index (κ1) is 18.7. The lowest BCUT2D eigenvalue weighted by Crippen LogP contribution is -2.06. The van der Waals surface area contributed by atoms with E-state index in [1.54, 1.807) is 25.1 Å². The van der Waals surface area contributed by atoms with Crippen molar-refractivity contribution in [2.45, 2.75) is 13.5 Å². The normalized spacial score (nSPS) is 10.6. The molecular formula is C19H15Cl2NO3S. The van der Waals surface area contributed by atoms with Gasteiger partial charge in [-0.05, 0) is 25.1 Å². The summed E-state index contributed by atoms with van der Waals surface area (Å²) in [6, 6.07) is 14.6. The fourth-order valence-corrected chi connectivity index (χ4v) is 3.52. The SMILES string of the molecule is CCOC(=O)c1sc(-c2cccc(Cl)c2)nc1OCc1ccccc1Cl. The molecule has 0 spiro atoms. The van der Waals surface area contributed by atoms with Crippen LogP contribution in [0.5, 0.6) is 5.88 Å². The van der Waals surface area contributed by atoms with Gasteiger partial charge in [-0.2, -0.15) is 0 Å². The maximum atomic E-state index is 12.3. The van der Waals surface area contributed by atoms with Gasteiger partial charge in [-0.25, -0.2) is 9.78 Å². The lowest BCUT2D eigenvalue weighted by Gasteiger charge is -2.07. The summed E-state index contributed by atoms with van der Waals surface area (Å²) in [4.78, 5) is 17.0. The predicted octanol–water partition coefficient (Wildman–Crippen LogP) is 5.87. The summed E-state index contributed by atoms with van der Waals surface area (Å²) in [5.74, 6) is -0.240. The van der Waals surface area contributed by atoms with Crippen molar-refractivity contribution in [3.63, 3.8) is 0 Å². The van der Waals surface area contributed by atoms with Crippen LogP contribution in [0.3, 0.4) is 0 Å². The molecule has 0 aliphatic heterocycles. The second-order valence-corrected chi connectivity index (χ2v) is 7.11. The number of carbonyl (C=O) groups excluding carboxylic acids is 1. The van der Waals surface area contributed by atoms with Gasteiger partial charge in [-0.15, -0.1) is 11.3 Å². The lowest BCUT2D eigenvalue weighted by molar-refractivity contribution is 0.0526. The molecule has 0 unspecified atom stereocenters. The number of carbonyl (C=O) groups is 1. The summed E-state index contributed by atoms with van der Waals surface area (Å²) in [5, 5.41) is 1.81. The minimum atomic E-state index is -0.465. The van der Waals surface area contributed by atoms with E-state index in [9.17, 15) is 4.79 Å². The van der Waals surface area contributed by atoms with Crippen LogP contribution in [0.4, 0.5) is 0 Å². The minimum Gasteiger partial charge on any atom is -0.472 e. The van der Waals surface area contributed by atoms with Gasteiger partial charge in [0.2, 0.25) is 5.88 Å². The Labute approximate surface area is 165 Å². The van der Waals surface area contributed by atoms with Crippen molar-refractivity contribution in [3.8, 4) is 16.5 Å². The zero-order chi connectivity index (χ0) is 18.5. The van der Waals surface area contributed by atoms with Gasteiger partial charge in [-0.1, -0.05) is 53.5 Å². The zero-order valence-corrected chi connectivity index (χ0v) is 16.2. The van der Waals surface area contributed by atoms with Crippen molar-refractivity contribution in [2.75, 3.05) is 6.61 Å². The van der Waals surface area contributed by atoms with Gasteiger partial charge >= 0.3 is 5.97 Å². The molecule has 0 aliphatic rings. The van der Waals surface area contributed by atoms with Crippen LogP contribution in [0.15, 0.2) is 48.5 Å². The molecule has 26 heavy (non-hydrogen) atoms. The van der Waals surface area contributed by atoms with E-state index >= 15 is 0 Å². The van der Waals surface area contributed by atoms with Crippen molar-refractivity contribution in [2.24, 2.45) is 0 Å². The highest BCUT2D eigenvalue weighted by Gasteiger charge is 2.22. The summed E-state index contributed by atoms with van der Waals surface area (Å²) in [5.41, 5.74) is 1.61. The van der Waals surface area contributed by atoms with E-state index in [4.69, 9.17) is 32.7 Å². The molecule has 1 heterocycles. The maximum Gasteiger partial charge on any atom is 0.354 e. The number of thiazole rings is 1. The van der Waals surface area contributed by atoms with Crippen LogP contribution in [0, 0.1) is 0 Å². The average molecular weight is 408 g/mol. The number of benzene rings is 2. The number of hydrogen-bond acceptors (Lipinski definition) is 5. The molecule has 0 aliphatic carbocycles. The van der Waals surface area contributed by atoms with E-state index in [0.717, 1.165) is 11.1 Å². The number of ether oxygens (including phenoxy) is 2. The Balaban J connectivity index is 1.91. The third-order valence-corrected chi connectivity index (χ3v) is 5.12. The van der Waals surface area contributed by atoms with E-state index in [0.29, 0.717) is 19.9 Å².